The van der Waals surface area contributed by atoms with Crippen molar-refractivity contribution in [2.45, 2.75) is 59.5 Å². The van der Waals surface area contributed by atoms with E-state index in [9.17, 15) is 0 Å². The Hall–Kier alpha value is -0.520. The Kier molecular flexibility index (Phi) is 8.18. The molecule has 0 bridgehead atoms. The van der Waals surface area contributed by atoms with Crippen molar-refractivity contribution < 1.29 is 4.74 Å². The van der Waals surface area contributed by atoms with E-state index in [4.69, 9.17) is 4.74 Å². The molecule has 19 heavy (non-hydrogen) atoms. The standard InChI is InChI=1S/C17H31NO/c1-5-16(4)14-18-11-9-17(10-12-18)19-13-7-6-8-15(2)3/h15-17H,5,7,9-14H2,1-4H3. The normalized spacial score (nSPS) is 19.2. The summed E-state index contributed by atoms with van der Waals surface area (Å²) in [7, 11) is 0. The summed E-state index contributed by atoms with van der Waals surface area (Å²) >= 11 is 0. The van der Waals surface area contributed by atoms with Crippen LogP contribution >= 0.6 is 0 Å². The summed E-state index contributed by atoms with van der Waals surface area (Å²) in [6, 6.07) is 0. The highest BCUT2D eigenvalue weighted by molar-refractivity contribution is 5.01. The van der Waals surface area contributed by atoms with Crippen LogP contribution in [0.3, 0.4) is 0 Å². The van der Waals surface area contributed by atoms with Gasteiger partial charge in [0, 0.05) is 32.0 Å². The summed E-state index contributed by atoms with van der Waals surface area (Å²) in [5.74, 6) is 7.66. The van der Waals surface area contributed by atoms with Crippen LogP contribution in [0.25, 0.3) is 0 Å². The van der Waals surface area contributed by atoms with E-state index < -0.39 is 0 Å². The highest BCUT2D eigenvalue weighted by atomic mass is 16.5. The van der Waals surface area contributed by atoms with Gasteiger partial charge >= 0.3 is 0 Å². The first-order chi connectivity index (χ1) is 9.11. The fourth-order valence-corrected chi connectivity index (χ4v) is 2.38. The first kappa shape index (κ1) is 16.5. The molecular formula is C17H31NO. The molecule has 0 aromatic rings. The van der Waals surface area contributed by atoms with Crippen LogP contribution in [0, 0.1) is 23.7 Å². The van der Waals surface area contributed by atoms with Gasteiger partial charge in [0.25, 0.3) is 0 Å². The maximum atomic E-state index is 5.92. The van der Waals surface area contributed by atoms with Crippen molar-refractivity contribution >= 4 is 0 Å². The van der Waals surface area contributed by atoms with Crippen LogP contribution in [0.1, 0.15) is 53.4 Å². The Morgan fingerprint density at radius 1 is 1.21 bits per heavy atom. The minimum absolute atomic E-state index is 0.467. The minimum Gasteiger partial charge on any atom is -0.377 e. The highest BCUT2D eigenvalue weighted by Gasteiger charge is 2.20. The molecule has 1 fully saturated rings. The van der Waals surface area contributed by atoms with E-state index in [1.54, 1.807) is 0 Å². The van der Waals surface area contributed by atoms with Crippen LogP contribution in [0.15, 0.2) is 0 Å². The molecule has 1 unspecified atom stereocenters. The third kappa shape index (κ3) is 7.60. The number of piperidine rings is 1. The average molecular weight is 265 g/mol. The van der Waals surface area contributed by atoms with Gasteiger partial charge in [0.2, 0.25) is 0 Å². The number of ether oxygens (including phenoxy) is 1. The molecule has 0 spiro atoms. The van der Waals surface area contributed by atoms with Gasteiger partial charge in [-0.15, -0.1) is 11.8 Å². The summed E-state index contributed by atoms with van der Waals surface area (Å²) in [6.45, 7) is 13.3. The molecule has 0 amide bonds. The predicted molar refractivity (Wildman–Crippen MR) is 82.1 cm³/mol. The number of nitrogens with zero attached hydrogens (tertiary/aromatic N) is 1. The van der Waals surface area contributed by atoms with Gasteiger partial charge in [-0.2, -0.15) is 0 Å². The first-order valence-corrected chi connectivity index (χ1v) is 7.94. The molecule has 110 valence electrons. The number of likely N-dealkylation sites (tertiary alicyclic amines) is 1. The zero-order valence-corrected chi connectivity index (χ0v) is 13.2. The molecule has 0 aliphatic carbocycles. The molecule has 0 aromatic carbocycles. The zero-order valence-electron chi connectivity index (χ0n) is 13.2. The Bertz CT molecular complexity index is 281. The lowest BCUT2D eigenvalue weighted by Gasteiger charge is -2.33. The minimum atomic E-state index is 0.467. The van der Waals surface area contributed by atoms with E-state index in [1.165, 1.54) is 38.9 Å². The van der Waals surface area contributed by atoms with Crippen molar-refractivity contribution in [1.82, 2.24) is 4.90 Å². The molecule has 0 radical (unpaired) electrons. The SMILES string of the molecule is CCC(C)CN1CCC(OCCC#CC(C)C)CC1. The summed E-state index contributed by atoms with van der Waals surface area (Å²) in [6.07, 6.45) is 5.01. The fraction of sp³-hybridized carbons (Fsp3) is 0.882. The average Bonchev–Trinajstić information content (AvgIpc) is 2.39. The molecular weight excluding hydrogens is 234 g/mol. The predicted octanol–water partition coefficient (Wildman–Crippen LogP) is 3.56. The Morgan fingerprint density at radius 2 is 1.89 bits per heavy atom. The quantitative estimate of drug-likeness (QED) is 0.538. The van der Waals surface area contributed by atoms with Gasteiger partial charge in [-0.05, 0) is 18.8 Å². The Labute approximate surface area is 119 Å². The van der Waals surface area contributed by atoms with Crippen LogP contribution < -0.4 is 0 Å². The molecule has 1 rings (SSSR count). The first-order valence-electron chi connectivity index (χ1n) is 7.94. The van der Waals surface area contributed by atoms with Crippen molar-refractivity contribution in [1.29, 1.82) is 0 Å². The third-order valence-electron chi connectivity index (χ3n) is 3.77. The molecule has 1 aliphatic heterocycles. The zero-order chi connectivity index (χ0) is 14.1. The monoisotopic (exact) mass is 265 g/mol. The lowest BCUT2D eigenvalue weighted by atomic mass is 10.0. The van der Waals surface area contributed by atoms with E-state index >= 15 is 0 Å². The van der Waals surface area contributed by atoms with Gasteiger partial charge in [0.05, 0.1) is 12.7 Å². The summed E-state index contributed by atoms with van der Waals surface area (Å²) in [5, 5.41) is 0. The summed E-state index contributed by atoms with van der Waals surface area (Å²) < 4.78 is 5.92. The van der Waals surface area contributed by atoms with Crippen molar-refractivity contribution in [2.75, 3.05) is 26.2 Å². The third-order valence-corrected chi connectivity index (χ3v) is 3.77. The van der Waals surface area contributed by atoms with Gasteiger partial charge < -0.3 is 9.64 Å². The van der Waals surface area contributed by atoms with Gasteiger partial charge in [0.1, 0.15) is 0 Å². The molecule has 1 atom stereocenters. The number of rotatable bonds is 6. The molecule has 2 nitrogen and oxygen atoms in total. The molecule has 1 saturated heterocycles. The van der Waals surface area contributed by atoms with Crippen LogP contribution in [0.5, 0.6) is 0 Å². The second-order valence-electron chi connectivity index (χ2n) is 6.11. The van der Waals surface area contributed by atoms with Gasteiger partial charge in [-0.3, -0.25) is 0 Å². The number of hydrogen-bond donors (Lipinski definition) is 0. The van der Waals surface area contributed by atoms with Crippen LogP contribution in [0.2, 0.25) is 0 Å². The van der Waals surface area contributed by atoms with E-state index in [0.717, 1.165) is 18.9 Å². The Balaban J connectivity index is 2.09. The van der Waals surface area contributed by atoms with Gasteiger partial charge in [-0.25, -0.2) is 0 Å². The number of hydrogen-bond acceptors (Lipinski definition) is 2. The summed E-state index contributed by atoms with van der Waals surface area (Å²) in [4.78, 5) is 2.59. The highest BCUT2D eigenvalue weighted by Crippen LogP contribution is 2.16. The summed E-state index contributed by atoms with van der Waals surface area (Å²) in [5.41, 5.74) is 0. The van der Waals surface area contributed by atoms with Crippen molar-refractivity contribution in [2.24, 2.45) is 11.8 Å². The molecule has 0 aromatic heterocycles. The second-order valence-corrected chi connectivity index (χ2v) is 6.11. The van der Waals surface area contributed by atoms with Crippen LogP contribution in [-0.4, -0.2) is 37.2 Å². The molecule has 1 heterocycles. The molecule has 0 saturated carbocycles. The maximum absolute atomic E-state index is 5.92. The smallest absolute Gasteiger partial charge is 0.0600 e. The fourth-order valence-electron chi connectivity index (χ4n) is 2.38. The molecule has 1 aliphatic rings. The van der Waals surface area contributed by atoms with Gasteiger partial charge in [-0.1, -0.05) is 34.1 Å². The molecule has 2 heteroatoms. The van der Waals surface area contributed by atoms with E-state index in [1.807, 2.05) is 0 Å². The van der Waals surface area contributed by atoms with E-state index in [2.05, 4.69) is 44.4 Å². The van der Waals surface area contributed by atoms with Crippen molar-refractivity contribution in [3.63, 3.8) is 0 Å². The topological polar surface area (TPSA) is 12.5 Å². The van der Waals surface area contributed by atoms with Crippen LogP contribution in [0.4, 0.5) is 0 Å². The van der Waals surface area contributed by atoms with Crippen molar-refractivity contribution in [3.8, 4) is 11.8 Å². The Morgan fingerprint density at radius 3 is 2.47 bits per heavy atom. The lowest BCUT2D eigenvalue weighted by molar-refractivity contribution is 0.00771. The van der Waals surface area contributed by atoms with Gasteiger partial charge in [0.15, 0.2) is 0 Å². The maximum Gasteiger partial charge on any atom is 0.0600 e. The lowest BCUT2D eigenvalue weighted by Crippen LogP contribution is -2.39. The largest absolute Gasteiger partial charge is 0.377 e. The second kappa shape index (κ2) is 9.39. The van der Waals surface area contributed by atoms with E-state index in [0.29, 0.717) is 12.0 Å². The van der Waals surface area contributed by atoms with Crippen LogP contribution in [-0.2, 0) is 4.74 Å². The van der Waals surface area contributed by atoms with Crippen molar-refractivity contribution in [3.05, 3.63) is 0 Å². The molecule has 0 N–H and O–H groups in total. The van der Waals surface area contributed by atoms with E-state index in [-0.39, 0.29) is 0 Å².